The van der Waals surface area contributed by atoms with Gasteiger partial charge in [0.25, 0.3) is 19.9 Å². The zero-order chi connectivity index (χ0) is 43.8. The summed E-state index contributed by atoms with van der Waals surface area (Å²) in [4.78, 5) is 60.6. The highest BCUT2D eigenvalue weighted by Crippen LogP contribution is 2.52. The first-order valence-electron chi connectivity index (χ1n) is 20.6. The summed E-state index contributed by atoms with van der Waals surface area (Å²) in [5, 5.41) is 29.3. The molecule has 0 radical (unpaired) electrons. The minimum atomic E-state index is -2.97. The van der Waals surface area contributed by atoms with Crippen molar-refractivity contribution in [2.24, 2.45) is 17.8 Å². The second kappa shape index (κ2) is 17.8. The molecule has 16 heteroatoms. The molecule has 0 unspecified atom stereocenters. The number of nitro groups is 1. The van der Waals surface area contributed by atoms with Gasteiger partial charge in [0.15, 0.2) is 5.13 Å². The lowest BCUT2D eigenvalue weighted by atomic mass is 9.79. The molecule has 0 saturated carbocycles. The van der Waals surface area contributed by atoms with Gasteiger partial charge in [-0.1, -0.05) is 102 Å². The maximum atomic E-state index is 14.0. The summed E-state index contributed by atoms with van der Waals surface area (Å²) in [6.45, 7) is 15.5. The fraction of sp³-hybridized carbons (Fsp3) is 0.422. The number of aromatic nitrogens is 1. The van der Waals surface area contributed by atoms with Crippen molar-refractivity contribution in [1.82, 2.24) is 15.2 Å². The van der Waals surface area contributed by atoms with Gasteiger partial charge in [0.1, 0.15) is 24.2 Å². The Bertz CT molecular complexity index is 2240. The zero-order valence-corrected chi connectivity index (χ0v) is 38.1. The van der Waals surface area contributed by atoms with Crippen LogP contribution in [-0.4, -0.2) is 82.7 Å². The fourth-order valence-corrected chi connectivity index (χ4v) is 15.6. The number of aliphatic hydroxyl groups excluding tert-OH is 1. The number of carbonyl (C=O) groups is 3. The van der Waals surface area contributed by atoms with Crippen LogP contribution in [0.15, 0.2) is 101 Å². The monoisotopic (exact) mass is 883 g/mol. The number of esters is 1. The van der Waals surface area contributed by atoms with Crippen LogP contribution in [0.4, 0.5) is 10.8 Å². The normalized spacial score (nSPS) is 20.2. The fourth-order valence-electron chi connectivity index (χ4n) is 8.65. The molecule has 3 aromatic carbocycles. The Morgan fingerprint density at radius 1 is 1.02 bits per heavy atom. The van der Waals surface area contributed by atoms with Crippen molar-refractivity contribution < 1.29 is 33.6 Å². The van der Waals surface area contributed by atoms with E-state index in [1.54, 1.807) is 12.3 Å². The van der Waals surface area contributed by atoms with E-state index in [1.165, 1.54) is 52.3 Å². The van der Waals surface area contributed by atoms with Gasteiger partial charge < -0.3 is 29.4 Å². The number of hydrogen-bond donors (Lipinski definition) is 2. The standard InChI is InChI=1S/C45H53N5O8S2Si/c1-27(2)22-36(58-61(45(5,6)7,33-14-10-8-11-15-33)34-16-12-9-13-17-34)47-41(52)35-26-59-44(46-35)48-23-32(24-48)60-40-28(3)38-37(29(4)51)42(53)49(38)39(40)43(54)57-25-30-18-20-31(21-19-30)50(55)56/h8-21,26-29,32,36-38,51H,22-25H2,1-7H3,(H,47,52)/t28-,29-,36+,37-,38-/m1/s1. The highest BCUT2D eigenvalue weighted by atomic mass is 32.2. The van der Waals surface area contributed by atoms with Crippen LogP contribution < -0.4 is 20.6 Å². The zero-order valence-electron chi connectivity index (χ0n) is 35.4. The van der Waals surface area contributed by atoms with E-state index < -0.39 is 37.5 Å². The Kier molecular flexibility index (Phi) is 12.9. The predicted molar refractivity (Wildman–Crippen MR) is 240 cm³/mol. The second-order valence-electron chi connectivity index (χ2n) is 17.5. The van der Waals surface area contributed by atoms with Gasteiger partial charge in [0.2, 0.25) is 5.91 Å². The molecule has 13 nitrogen and oxygen atoms in total. The molecule has 2 fully saturated rings. The highest BCUT2D eigenvalue weighted by molar-refractivity contribution is 8.03. The number of thioether (sulfide) groups is 1. The summed E-state index contributed by atoms with van der Waals surface area (Å²) in [5.74, 6) is -1.88. The highest BCUT2D eigenvalue weighted by Gasteiger charge is 2.60. The predicted octanol–water partition coefficient (Wildman–Crippen LogP) is 6.46. The van der Waals surface area contributed by atoms with Crippen LogP contribution in [0.25, 0.3) is 0 Å². The van der Waals surface area contributed by atoms with E-state index >= 15 is 0 Å². The number of nitrogens with zero attached hydrogens (tertiary/aromatic N) is 4. The van der Waals surface area contributed by atoms with Gasteiger partial charge in [-0.25, -0.2) is 9.78 Å². The van der Waals surface area contributed by atoms with E-state index in [4.69, 9.17) is 14.1 Å². The first-order valence-corrected chi connectivity index (χ1v) is 24.3. The summed E-state index contributed by atoms with van der Waals surface area (Å²) in [6, 6.07) is 26.1. The molecule has 1 aromatic heterocycles. The molecule has 0 aliphatic carbocycles. The summed E-state index contributed by atoms with van der Waals surface area (Å²) in [7, 11) is -2.97. The molecule has 61 heavy (non-hydrogen) atoms. The molecule has 2 amide bonds. The first kappa shape index (κ1) is 44.2. The molecular formula is C45H53N5O8S2Si. The van der Waals surface area contributed by atoms with E-state index in [2.05, 4.69) is 69.1 Å². The number of hydrogen-bond acceptors (Lipinski definition) is 12. The number of nitrogens with one attached hydrogen (secondary N) is 1. The minimum Gasteiger partial charge on any atom is -0.456 e. The maximum absolute atomic E-state index is 14.0. The lowest BCUT2D eigenvalue weighted by Crippen LogP contribution is -2.69. The molecule has 7 rings (SSSR count). The van der Waals surface area contributed by atoms with Crippen molar-refractivity contribution in [2.75, 3.05) is 18.0 Å². The number of amides is 2. The van der Waals surface area contributed by atoms with Gasteiger partial charge in [0, 0.05) is 46.7 Å². The first-order chi connectivity index (χ1) is 29.0. The number of benzene rings is 3. The number of aliphatic hydroxyl groups is 1. The van der Waals surface area contributed by atoms with E-state index in [9.17, 15) is 29.6 Å². The molecule has 0 bridgehead atoms. The second-order valence-corrected chi connectivity index (χ2v) is 23.9. The molecule has 322 valence electrons. The maximum Gasteiger partial charge on any atom is 0.356 e. The lowest BCUT2D eigenvalue weighted by Gasteiger charge is -2.46. The van der Waals surface area contributed by atoms with Crippen molar-refractivity contribution >= 4 is 70.4 Å². The number of non-ortho nitro benzene ring substituents is 1. The Morgan fingerprint density at radius 3 is 2.16 bits per heavy atom. The van der Waals surface area contributed by atoms with Crippen molar-refractivity contribution in [3.63, 3.8) is 0 Å². The number of anilines is 1. The Labute approximate surface area is 365 Å². The third-order valence-corrected chi connectivity index (χ3v) is 19.1. The van der Waals surface area contributed by atoms with Crippen LogP contribution >= 0.6 is 23.1 Å². The smallest absolute Gasteiger partial charge is 0.356 e. The Morgan fingerprint density at radius 2 is 1.62 bits per heavy atom. The van der Waals surface area contributed by atoms with Gasteiger partial charge >= 0.3 is 5.97 Å². The molecule has 0 spiro atoms. The molecule has 4 aromatic rings. The van der Waals surface area contributed by atoms with Crippen molar-refractivity contribution in [3.05, 3.63) is 122 Å². The largest absolute Gasteiger partial charge is 0.456 e. The molecule has 2 N–H and O–H groups in total. The van der Waals surface area contributed by atoms with Gasteiger partial charge in [-0.3, -0.25) is 19.7 Å². The number of β-lactam (4-membered cyclic amide) rings is 1. The summed E-state index contributed by atoms with van der Waals surface area (Å²) in [5.41, 5.74) is 1.00. The average Bonchev–Trinajstić information content (AvgIpc) is 3.78. The van der Waals surface area contributed by atoms with E-state index in [0.717, 1.165) is 15.3 Å². The van der Waals surface area contributed by atoms with Gasteiger partial charge in [-0.2, -0.15) is 0 Å². The minimum absolute atomic E-state index is 0.0603. The van der Waals surface area contributed by atoms with Crippen LogP contribution in [0, 0.1) is 27.9 Å². The van der Waals surface area contributed by atoms with Crippen LogP contribution in [0.1, 0.15) is 70.9 Å². The summed E-state index contributed by atoms with van der Waals surface area (Å²) >= 11 is 2.92. The number of rotatable bonds is 16. The summed E-state index contributed by atoms with van der Waals surface area (Å²) < 4.78 is 13.0. The van der Waals surface area contributed by atoms with Crippen molar-refractivity contribution in [1.29, 1.82) is 0 Å². The quantitative estimate of drug-likeness (QED) is 0.0317. The number of thiazole rings is 1. The van der Waals surface area contributed by atoms with Crippen molar-refractivity contribution in [3.8, 4) is 0 Å². The van der Waals surface area contributed by atoms with Crippen LogP contribution in [0.5, 0.6) is 0 Å². The molecule has 2 saturated heterocycles. The van der Waals surface area contributed by atoms with E-state index in [-0.39, 0.29) is 58.0 Å². The van der Waals surface area contributed by atoms with Gasteiger partial charge in [-0.05, 0) is 52.4 Å². The van der Waals surface area contributed by atoms with Crippen LogP contribution in [0.2, 0.25) is 5.04 Å². The number of ether oxygens (including phenoxy) is 1. The van der Waals surface area contributed by atoms with Gasteiger partial charge in [0.05, 0.1) is 23.0 Å². The number of carbonyl (C=O) groups excluding carboxylic acids is 3. The van der Waals surface area contributed by atoms with Gasteiger partial charge in [-0.15, -0.1) is 23.1 Å². The Hall–Kier alpha value is -4.87. The van der Waals surface area contributed by atoms with Crippen molar-refractivity contribution in [2.45, 2.75) is 90.2 Å². The average molecular weight is 884 g/mol. The third-order valence-electron chi connectivity index (χ3n) is 11.7. The molecule has 5 atom stereocenters. The lowest BCUT2D eigenvalue weighted by molar-refractivity contribution is -0.384. The molecule has 3 aliphatic rings. The van der Waals surface area contributed by atoms with Crippen LogP contribution in [0.3, 0.4) is 0 Å². The molecular weight excluding hydrogens is 831 g/mol. The number of fused-ring (bicyclic) bond motifs is 1. The number of nitro benzene ring substituents is 1. The summed E-state index contributed by atoms with van der Waals surface area (Å²) in [6.07, 6.45) is -0.839. The Balaban J connectivity index is 1.04. The molecule has 3 aliphatic heterocycles. The van der Waals surface area contributed by atoms with E-state index in [1.807, 2.05) is 43.3 Å². The SMILES string of the molecule is CC(C)C[C@@H](NC(=O)c1csc(N2CC(SC3=C(C(=O)OCc4ccc([N+](=O)[O-])cc4)N4C(=O)[C@H]([C@@H](C)O)[C@H]4[C@H]3C)C2)n1)O[Si](c1ccccc1)(c1ccccc1)C(C)(C)C. The van der Waals surface area contributed by atoms with Crippen LogP contribution in [-0.2, 0) is 25.4 Å². The third kappa shape index (κ3) is 8.78. The topological polar surface area (TPSA) is 164 Å². The molecule has 4 heterocycles. The van der Waals surface area contributed by atoms with E-state index in [0.29, 0.717) is 35.9 Å².